The number of hydrogen-bond donors (Lipinski definition) is 4. The Morgan fingerprint density at radius 3 is 2.51 bits per heavy atom. The molecule has 51 heavy (non-hydrogen) atoms. The number of nitrogens with zero attached hydrogens (tertiary/aromatic N) is 5. The first-order valence-corrected chi connectivity index (χ1v) is 18.5. The fourth-order valence-electron chi connectivity index (χ4n) is 7.23. The van der Waals surface area contributed by atoms with E-state index in [1.54, 1.807) is 11.1 Å². The van der Waals surface area contributed by atoms with Crippen molar-refractivity contribution in [2.24, 2.45) is 11.7 Å². The van der Waals surface area contributed by atoms with Crippen LogP contribution in [0.4, 0.5) is 22.1 Å². The van der Waals surface area contributed by atoms with Crippen molar-refractivity contribution in [3.05, 3.63) is 41.7 Å². The minimum Gasteiger partial charge on any atom is -0.364 e. The van der Waals surface area contributed by atoms with E-state index in [2.05, 4.69) is 44.9 Å². The number of amides is 6. The zero-order valence-corrected chi connectivity index (χ0v) is 30.0. The molecular formula is C37H53N9O5. The molecule has 1 aromatic heterocycles. The molecule has 0 spiro atoms. The molecule has 2 aromatic rings. The van der Waals surface area contributed by atoms with E-state index in [4.69, 9.17) is 10.7 Å². The molecule has 5 N–H and O–H groups in total. The molecule has 276 valence electrons. The molecule has 3 unspecified atom stereocenters. The van der Waals surface area contributed by atoms with Crippen molar-refractivity contribution in [2.45, 2.75) is 102 Å². The van der Waals surface area contributed by atoms with Crippen molar-refractivity contribution in [3.63, 3.8) is 0 Å². The largest absolute Gasteiger partial charge is 0.364 e. The number of primary amides is 1. The summed E-state index contributed by atoms with van der Waals surface area (Å²) in [4.78, 5) is 75.5. The number of anilines is 3. The van der Waals surface area contributed by atoms with Gasteiger partial charge in [-0.3, -0.25) is 24.5 Å². The second-order valence-electron chi connectivity index (χ2n) is 14.1. The lowest BCUT2D eigenvalue weighted by Gasteiger charge is -2.37. The smallest absolute Gasteiger partial charge is 0.320 e. The van der Waals surface area contributed by atoms with Gasteiger partial charge in [0.15, 0.2) is 11.5 Å². The van der Waals surface area contributed by atoms with Crippen molar-refractivity contribution >= 4 is 47.0 Å². The number of nitrogens with one attached hydrogen (secondary N) is 3. The number of hydrogen-bond acceptors (Lipinski definition) is 9. The van der Waals surface area contributed by atoms with Gasteiger partial charge in [-0.05, 0) is 62.1 Å². The monoisotopic (exact) mass is 703 g/mol. The SMILES string of the molecule is CCCCC(CCCCC(=O)NC1CCC(=O)NC1=O)CCc1ccc(Nc2nc(N3CCCC(N4CCN(C)C4=O)C3)cnc2C(N)=O)cc1. The number of unbranched alkanes of at least 4 members (excludes halogenated alkanes) is 2. The van der Waals surface area contributed by atoms with Gasteiger partial charge in [-0.25, -0.2) is 14.8 Å². The van der Waals surface area contributed by atoms with Crippen molar-refractivity contribution in [3.8, 4) is 0 Å². The molecule has 3 aliphatic heterocycles. The molecule has 3 saturated heterocycles. The molecule has 1 aromatic carbocycles. The molecule has 0 aliphatic carbocycles. The number of aromatic nitrogens is 2. The first kappa shape index (κ1) is 37.5. The van der Waals surface area contributed by atoms with Crippen molar-refractivity contribution < 1.29 is 24.0 Å². The maximum Gasteiger partial charge on any atom is 0.320 e. The minimum atomic E-state index is -0.663. The van der Waals surface area contributed by atoms with Crippen LogP contribution in [0.5, 0.6) is 0 Å². The second-order valence-corrected chi connectivity index (χ2v) is 14.1. The summed E-state index contributed by atoms with van der Waals surface area (Å²) >= 11 is 0. The van der Waals surface area contributed by atoms with Gasteiger partial charge < -0.3 is 31.1 Å². The number of aryl methyl sites for hydroxylation is 1. The van der Waals surface area contributed by atoms with Gasteiger partial charge in [0.2, 0.25) is 17.7 Å². The van der Waals surface area contributed by atoms with E-state index in [0.717, 1.165) is 89.5 Å². The lowest BCUT2D eigenvalue weighted by atomic mass is 9.89. The van der Waals surface area contributed by atoms with Crippen LogP contribution in [-0.4, -0.2) is 94.7 Å². The van der Waals surface area contributed by atoms with Gasteiger partial charge in [-0.1, -0.05) is 51.2 Å². The number of piperidine rings is 2. The predicted molar refractivity (Wildman–Crippen MR) is 194 cm³/mol. The number of carbonyl (C=O) groups excluding carboxylic acids is 5. The standard InChI is InChI=1S/C37H53N9O5/c1-3-4-8-25(9-5-6-11-31(47)41-29-18-19-32(48)43-36(29)50)12-13-26-14-16-27(17-15-26)40-35-33(34(38)49)39-23-30(42-35)45-20-7-10-28(24-45)46-22-21-44(2)37(46)51/h14-17,23,25,28-29H,3-13,18-22,24H2,1-2H3,(H2,38,49)(H,40,42)(H,41,47)(H,43,48,50). The van der Waals surface area contributed by atoms with Crippen LogP contribution in [0.3, 0.4) is 0 Å². The van der Waals surface area contributed by atoms with E-state index in [0.29, 0.717) is 36.9 Å². The van der Waals surface area contributed by atoms with Crippen LogP contribution < -0.4 is 26.6 Å². The quantitative estimate of drug-likeness (QED) is 0.140. The summed E-state index contributed by atoms with van der Waals surface area (Å²) in [6, 6.07) is 7.65. The molecule has 3 aliphatic rings. The van der Waals surface area contributed by atoms with Crippen LogP contribution in [-0.2, 0) is 20.8 Å². The van der Waals surface area contributed by atoms with Gasteiger partial charge in [0.25, 0.3) is 5.91 Å². The lowest BCUT2D eigenvalue weighted by molar-refractivity contribution is -0.137. The van der Waals surface area contributed by atoms with E-state index >= 15 is 0 Å². The highest BCUT2D eigenvalue weighted by molar-refractivity contribution is 6.01. The zero-order chi connectivity index (χ0) is 36.3. The fourth-order valence-corrected chi connectivity index (χ4v) is 7.23. The first-order chi connectivity index (χ1) is 24.6. The molecule has 6 amide bonds. The van der Waals surface area contributed by atoms with Crippen LogP contribution >= 0.6 is 0 Å². The Kier molecular flexibility index (Phi) is 13.2. The van der Waals surface area contributed by atoms with E-state index in [-0.39, 0.29) is 36.0 Å². The molecule has 14 nitrogen and oxygen atoms in total. The zero-order valence-electron chi connectivity index (χ0n) is 30.0. The Bertz CT molecular complexity index is 1550. The first-order valence-electron chi connectivity index (χ1n) is 18.5. The molecule has 0 radical (unpaired) electrons. The van der Waals surface area contributed by atoms with Crippen LogP contribution in [0.25, 0.3) is 0 Å². The van der Waals surface area contributed by atoms with Gasteiger partial charge in [0, 0.05) is 51.8 Å². The molecule has 0 saturated carbocycles. The van der Waals surface area contributed by atoms with Gasteiger partial charge >= 0.3 is 6.03 Å². The fraction of sp³-hybridized carbons (Fsp3) is 0.595. The highest BCUT2D eigenvalue weighted by atomic mass is 16.2. The van der Waals surface area contributed by atoms with Crippen LogP contribution in [0.1, 0.15) is 100 Å². The number of benzene rings is 1. The lowest BCUT2D eigenvalue weighted by Crippen LogP contribution is -2.52. The number of likely N-dealkylation sites (N-methyl/N-ethyl adjacent to an activating group) is 1. The Morgan fingerprint density at radius 1 is 1.02 bits per heavy atom. The van der Waals surface area contributed by atoms with Crippen LogP contribution in [0, 0.1) is 5.92 Å². The van der Waals surface area contributed by atoms with E-state index in [1.807, 2.05) is 24.1 Å². The van der Waals surface area contributed by atoms with Crippen molar-refractivity contribution in [2.75, 3.05) is 43.4 Å². The molecule has 5 rings (SSSR count). The van der Waals surface area contributed by atoms with E-state index in [9.17, 15) is 24.0 Å². The van der Waals surface area contributed by atoms with Crippen LogP contribution in [0.15, 0.2) is 30.5 Å². The summed E-state index contributed by atoms with van der Waals surface area (Å²) in [6.07, 6.45) is 12.6. The maximum absolute atomic E-state index is 12.6. The summed E-state index contributed by atoms with van der Waals surface area (Å²) in [5.74, 6) is -0.0321. The number of urea groups is 1. The summed E-state index contributed by atoms with van der Waals surface area (Å²) in [5, 5.41) is 8.31. The van der Waals surface area contributed by atoms with Crippen molar-refractivity contribution in [1.29, 1.82) is 0 Å². The molecule has 0 bridgehead atoms. The van der Waals surface area contributed by atoms with E-state index in [1.165, 1.54) is 5.56 Å². The normalized spacial score (nSPS) is 20.0. The Morgan fingerprint density at radius 2 is 1.80 bits per heavy atom. The van der Waals surface area contributed by atoms with Gasteiger partial charge in [-0.15, -0.1) is 0 Å². The molecule has 3 fully saturated rings. The Labute approximate surface area is 300 Å². The summed E-state index contributed by atoms with van der Waals surface area (Å²) in [5.41, 5.74) is 7.72. The molecule has 4 heterocycles. The minimum absolute atomic E-state index is 0.0607. The third-order valence-corrected chi connectivity index (χ3v) is 10.3. The highest BCUT2D eigenvalue weighted by Crippen LogP contribution is 2.27. The predicted octanol–water partition coefficient (Wildman–Crippen LogP) is 3.88. The average molecular weight is 704 g/mol. The van der Waals surface area contributed by atoms with Gasteiger partial charge in [0.05, 0.1) is 12.2 Å². The van der Waals surface area contributed by atoms with Gasteiger partial charge in [0.1, 0.15) is 11.9 Å². The van der Waals surface area contributed by atoms with E-state index < -0.39 is 17.9 Å². The Balaban J connectivity index is 1.12. The van der Waals surface area contributed by atoms with Crippen LogP contribution in [0.2, 0.25) is 0 Å². The Hall–Kier alpha value is -4.75. The molecule has 3 atom stereocenters. The van der Waals surface area contributed by atoms with Crippen molar-refractivity contribution in [1.82, 2.24) is 30.4 Å². The second kappa shape index (κ2) is 18.0. The average Bonchev–Trinajstić information content (AvgIpc) is 3.46. The molecule has 14 heteroatoms. The summed E-state index contributed by atoms with van der Waals surface area (Å²) in [7, 11) is 1.83. The highest BCUT2D eigenvalue weighted by Gasteiger charge is 2.35. The number of carbonyl (C=O) groups is 5. The topological polar surface area (TPSA) is 183 Å². The third kappa shape index (κ3) is 10.4. The third-order valence-electron chi connectivity index (χ3n) is 10.3. The number of nitrogens with two attached hydrogens (primary N) is 1. The maximum atomic E-state index is 12.6. The number of rotatable bonds is 17. The van der Waals surface area contributed by atoms with Gasteiger partial charge in [-0.2, -0.15) is 0 Å². The number of imide groups is 1. The summed E-state index contributed by atoms with van der Waals surface area (Å²) < 4.78 is 0. The molecular weight excluding hydrogens is 650 g/mol. The summed E-state index contributed by atoms with van der Waals surface area (Å²) in [6.45, 7) is 5.08.